The summed E-state index contributed by atoms with van der Waals surface area (Å²) in [6.07, 6.45) is 2.31. The van der Waals surface area contributed by atoms with Crippen LogP contribution in [0.2, 0.25) is 0 Å². The first-order chi connectivity index (χ1) is 9.13. The highest BCUT2D eigenvalue weighted by Gasteiger charge is 2.16. The molecule has 2 N–H and O–H groups in total. The third-order valence-corrected chi connectivity index (χ3v) is 4.49. The maximum atomic E-state index is 5.95. The molecule has 19 heavy (non-hydrogen) atoms. The van der Waals surface area contributed by atoms with Crippen molar-refractivity contribution in [2.24, 2.45) is 0 Å². The standard InChI is InChI=1S/C15H25BrN2O/c1-4-13(5-2)18(9-10-19-3)11-12-7-6-8-14(17)15(12)16/h6-8,13H,4-5,9-11,17H2,1-3H3. The molecule has 0 aromatic heterocycles. The van der Waals surface area contributed by atoms with Crippen LogP contribution in [0.5, 0.6) is 0 Å². The number of halogens is 1. The molecule has 0 radical (unpaired) electrons. The van der Waals surface area contributed by atoms with Crippen LogP contribution in [0, 0.1) is 0 Å². The van der Waals surface area contributed by atoms with Gasteiger partial charge in [-0.15, -0.1) is 0 Å². The molecule has 0 aliphatic heterocycles. The van der Waals surface area contributed by atoms with Crippen molar-refractivity contribution in [1.29, 1.82) is 0 Å². The number of methoxy groups -OCH3 is 1. The van der Waals surface area contributed by atoms with Crippen LogP contribution in [0.4, 0.5) is 5.69 Å². The lowest BCUT2D eigenvalue weighted by molar-refractivity contribution is 0.110. The average Bonchev–Trinajstić information content (AvgIpc) is 2.42. The second kappa shape index (κ2) is 8.56. The number of rotatable bonds is 8. The number of ether oxygens (including phenoxy) is 1. The van der Waals surface area contributed by atoms with Crippen molar-refractivity contribution in [3.8, 4) is 0 Å². The number of hydrogen-bond donors (Lipinski definition) is 1. The zero-order chi connectivity index (χ0) is 14.3. The summed E-state index contributed by atoms with van der Waals surface area (Å²) in [5.74, 6) is 0. The highest BCUT2D eigenvalue weighted by Crippen LogP contribution is 2.26. The largest absolute Gasteiger partial charge is 0.398 e. The van der Waals surface area contributed by atoms with E-state index in [-0.39, 0.29) is 0 Å². The van der Waals surface area contributed by atoms with Crippen LogP contribution in [0.25, 0.3) is 0 Å². The zero-order valence-electron chi connectivity index (χ0n) is 12.2. The van der Waals surface area contributed by atoms with Crippen LogP contribution in [-0.4, -0.2) is 31.2 Å². The summed E-state index contributed by atoms with van der Waals surface area (Å²) in [4.78, 5) is 2.48. The second-order valence-electron chi connectivity index (χ2n) is 4.75. The van der Waals surface area contributed by atoms with E-state index in [1.54, 1.807) is 7.11 Å². The van der Waals surface area contributed by atoms with Gasteiger partial charge in [-0.3, -0.25) is 4.90 Å². The fraction of sp³-hybridized carbons (Fsp3) is 0.600. The molecule has 0 saturated heterocycles. The van der Waals surface area contributed by atoms with E-state index in [1.165, 1.54) is 5.56 Å². The van der Waals surface area contributed by atoms with E-state index in [0.717, 1.165) is 42.7 Å². The van der Waals surface area contributed by atoms with Gasteiger partial charge in [-0.05, 0) is 40.4 Å². The summed E-state index contributed by atoms with van der Waals surface area (Å²) in [5.41, 5.74) is 7.99. The molecule has 0 bridgehead atoms. The quantitative estimate of drug-likeness (QED) is 0.740. The molecule has 4 heteroatoms. The number of nitrogen functional groups attached to an aromatic ring is 1. The summed E-state index contributed by atoms with van der Waals surface area (Å²) >= 11 is 3.59. The number of anilines is 1. The van der Waals surface area contributed by atoms with E-state index >= 15 is 0 Å². The molecule has 0 amide bonds. The monoisotopic (exact) mass is 328 g/mol. The van der Waals surface area contributed by atoms with E-state index in [9.17, 15) is 0 Å². The lowest BCUT2D eigenvalue weighted by Crippen LogP contribution is -2.36. The van der Waals surface area contributed by atoms with Crippen molar-refractivity contribution in [1.82, 2.24) is 4.90 Å². The average molecular weight is 329 g/mol. The van der Waals surface area contributed by atoms with Crippen molar-refractivity contribution in [3.05, 3.63) is 28.2 Å². The Bertz CT molecular complexity index is 380. The molecular weight excluding hydrogens is 304 g/mol. The van der Waals surface area contributed by atoms with Gasteiger partial charge >= 0.3 is 0 Å². The van der Waals surface area contributed by atoms with Gasteiger partial charge in [0.05, 0.1) is 6.61 Å². The highest BCUT2D eigenvalue weighted by molar-refractivity contribution is 9.10. The first-order valence-corrected chi connectivity index (χ1v) is 7.69. The van der Waals surface area contributed by atoms with Crippen molar-refractivity contribution in [3.63, 3.8) is 0 Å². The van der Waals surface area contributed by atoms with Crippen molar-refractivity contribution in [2.45, 2.75) is 39.3 Å². The van der Waals surface area contributed by atoms with E-state index < -0.39 is 0 Å². The minimum absolute atomic E-state index is 0.587. The predicted octanol–water partition coefficient (Wildman–Crippen LogP) is 3.67. The van der Waals surface area contributed by atoms with Gasteiger partial charge in [0.2, 0.25) is 0 Å². The van der Waals surface area contributed by atoms with E-state index in [0.29, 0.717) is 6.04 Å². The molecule has 1 aromatic rings. The molecule has 1 rings (SSSR count). The Kier molecular flexibility index (Phi) is 7.42. The third kappa shape index (κ3) is 4.79. The zero-order valence-corrected chi connectivity index (χ0v) is 13.7. The molecule has 0 aliphatic rings. The molecule has 0 unspecified atom stereocenters. The number of nitrogens with two attached hydrogens (primary N) is 1. The Morgan fingerprint density at radius 1 is 1.32 bits per heavy atom. The first kappa shape index (κ1) is 16.5. The summed E-state index contributed by atoms with van der Waals surface area (Å²) in [6.45, 7) is 7.09. The van der Waals surface area contributed by atoms with Gasteiger partial charge in [0.1, 0.15) is 0 Å². The van der Waals surface area contributed by atoms with Crippen molar-refractivity contribution >= 4 is 21.6 Å². The minimum Gasteiger partial charge on any atom is -0.398 e. The maximum absolute atomic E-state index is 5.95. The van der Waals surface area contributed by atoms with Gasteiger partial charge in [-0.25, -0.2) is 0 Å². The van der Waals surface area contributed by atoms with Crippen LogP contribution >= 0.6 is 15.9 Å². The van der Waals surface area contributed by atoms with Crippen LogP contribution < -0.4 is 5.73 Å². The Labute approximate surface area is 125 Å². The Balaban J connectivity index is 2.83. The number of benzene rings is 1. The van der Waals surface area contributed by atoms with Gasteiger partial charge in [0, 0.05) is 36.4 Å². The van der Waals surface area contributed by atoms with Gasteiger partial charge in [0.15, 0.2) is 0 Å². The molecule has 108 valence electrons. The maximum Gasteiger partial charge on any atom is 0.0589 e. The second-order valence-corrected chi connectivity index (χ2v) is 5.55. The molecule has 0 atom stereocenters. The smallest absolute Gasteiger partial charge is 0.0589 e. The predicted molar refractivity (Wildman–Crippen MR) is 85.2 cm³/mol. The van der Waals surface area contributed by atoms with Crippen molar-refractivity contribution < 1.29 is 4.74 Å². The van der Waals surface area contributed by atoms with Crippen LogP contribution in [-0.2, 0) is 11.3 Å². The van der Waals surface area contributed by atoms with Crippen LogP contribution in [0.15, 0.2) is 22.7 Å². The third-order valence-electron chi connectivity index (χ3n) is 3.52. The van der Waals surface area contributed by atoms with Crippen LogP contribution in [0.3, 0.4) is 0 Å². The molecular formula is C15H25BrN2O. The van der Waals surface area contributed by atoms with Gasteiger partial charge < -0.3 is 10.5 Å². The summed E-state index contributed by atoms with van der Waals surface area (Å²) in [5, 5.41) is 0. The van der Waals surface area contributed by atoms with Crippen molar-refractivity contribution in [2.75, 3.05) is 26.0 Å². The van der Waals surface area contributed by atoms with Gasteiger partial charge in [-0.1, -0.05) is 26.0 Å². The Hall–Kier alpha value is -0.580. The summed E-state index contributed by atoms with van der Waals surface area (Å²) < 4.78 is 6.24. The van der Waals surface area contributed by atoms with E-state index in [4.69, 9.17) is 10.5 Å². The molecule has 0 heterocycles. The molecule has 3 nitrogen and oxygen atoms in total. The lowest BCUT2D eigenvalue weighted by Gasteiger charge is -2.30. The lowest BCUT2D eigenvalue weighted by atomic mass is 10.1. The van der Waals surface area contributed by atoms with Crippen LogP contribution in [0.1, 0.15) is 32.3 Å². The Morgan fingerprint density at radius 2 is 2.00 bits per heavy atom. The SMILES string of the molecule is CCC(CC)N(CCOC)Cc1cccc(N)c1Br. The molecule has 0 spiro atoms. The number of nitrogens with zero attached hydrogens (tertiary/aromatic N) is 1. The molecule has 1 aromatic carbocycles. The van der Waals surface area contributed by atoms with E-state index in [1.807, 2.05) is 12.1 Å². The summed E-state index contributed by atoms with van der Waals surface area (Å²) in [6, 6.07) is 6.65. The topological polar surface area (TPSA) is 38.5 Å². The van der Waals surface area contributed by atoms with Gasteiger partial charge in [0.25, 0.3) is 0 Å². The van der Waals surface area contributed by atoms with E-state index in [2.05, 4.69) is 40.7 Å². The minimum atomic E-state index is 0.587. The molecule has 0 aliphatic carbocycles. The number of hydrogen-bond acceptors (Lipinski definition) is 3. The van der Waals surface area contributed by atoms with Gasteiger partial charge in [-0.2, -0.15) is 0 Å². The normalized spacial score (nSPS) is 11.5. The molecule has 0 fully saturated rings. The molecule has 0 saturated carbocycles. The fourth-order valence-electron chi connectivity index (χ4n) is 2.34. The Morgan fingerprint density at radius 3 is 2.58 bits per heavy atom. The highest BCUT2D eigenvalue weighted by atomic mass is 79.9. The fourth-order valence-corrected chi connectivity index (χ4v) is 2.73. The first-order valence-electron chi connectivity index (χ1n) is 6.89. The summed E-state index contributed by atoms with van der Waals surface area (Å²) in [7, 11) is 1.75.